The second-order valence-electron chi connectivity index (χ2n) is 7.54. The first-order valence-corrected chi connectivity index (χ1v) is 10.3. The number of rotatable bonds is 7. The van der Waals surface area contributed by atoms with Crippen LogP contribution in [-0.4, -0.2) is 64.5 Å². The summed E-state index contributed by atoms with van der Waals surface area (Å²) in [5, 5.41) is 15.4. The lowest BCUT2D eigenvalue weighted by atomic mass is 10.1. The van der Waals surface area contributed by atoms with Crippen LogP contribution in [0, 0.1) is 6.92 Å². The Balaban J connectivity index is 0.00000320. The highest BCUT2D eigenvalue weighted by atomic mass is 127. The van der Waals surface area contributed by atoms with Crippen LogP contribution < -0.4 is 10.6 Å². The van der Waals surface area contributed by atoms with Crippen molar-refractivity contribution in [2.45, 2.75) is 39.4 Å². The molecule has 0 spiro atoms. The summed E-state index contributed by atoms with van der Waals surface area (Å²) in [4.78, 5) is 7.22. The highest BCUT2D eigenvalue weighted by Gasteiger charge is 2.18. The molecule has 2 N–H and O–H groups in total. The standard InChI is InChI=1S/C21H33N7O.HI/c1-16(28-10-12-29-13-11-28)14-22-21(23-15-20-26-25-18(3)27(20)4)24-17(2)19-8-6-5-7-9-19;/h5-9,16-17H,10-15H2,1-4H3,(H2,22,23,24);1H. The molecule has 8 nitrogen and oxygen atoms in total. The minimum Gasteiger partial charge on any atom is -0.379 e. The lowest BCUT2D eigenvalue weighted by Crippen LogP contribution is -2.49. The van der Waals surface area contributed by atoms with Gasteiger partial charge in [0.2, 0.25) is 0 Å². The number of benzene rings is 1. The number of morpholine rings is 1. The highest BCUT2D eigenvalue weighted by Crippen LogP contribution is 2.11. The van der Waals surface area contributed by atoms with E-state index in [-0.39, 0.29) is 30.0 Å². The van der Waals surface area contributed by atoms with Gasteiger partial charge < -0.3 is 19.9 Å². The first-order chi connectivity index (χ1) is 14.0. The number of aliphatic imine (C=N–C) groups is 1. The van der Waals surface area contributed by atoms with Crippen LogP contribution in [0.5, 0.6) is 0 Å². The van der Waals surface area contributed by atoms with Crippen molar-refractivity contribution in [2.24, 2.45) is 12.0 Å². The molecule has 2 aromatic rings. The Kier molecular flexibility index (Phi) is 9.99. The van der Waals surface area contributed by atoms with Crippen molar-refractivity contribution in [3.63, 3.8) is 0 Å². The normalized spacial score (nSPS) is 17.1. The maximum absolute atomic E-state index is 5.46. The van der Waals surface area contributed by atoms with Crippen LogP contribution in [0.3, 0.4) is 0 Å². The summed E-state index contributed by atoms with van der Waals surface area (Å²) in [5.41, 5.74) is 1.22. The smallest absolute Gasteiger partial charge is 0.192 e. The zero-order valence-corrected chi connectivity index (χ0v) is 20.7. The number of halogens is 1. The number of aryl methyl sites for hydroxylation is 1. The maximum Gasteiger partial charge on any atom is 0.192 e. The molecule has 2 atom stereocenters. The number of aromatic nitrogens is 3. The highest BCUT2D eigenvalue weighted by molar-refractivity contribution is 14.0. The van der Waals surface area contributed by atoms with Gasteiger partial charge in [-0.15, -0.1) is 34.2 Å². The third-order valence-corrected chi connectivity index (χ3v) is 5.45. The van der Waals surface area contributed by atoms with Crippen LogP contribution in [0.15, 0.2) is 35.3 Å². The van der Waals surface area contributed by atoms with Crippen molar-refractivity contribution in [3.8, 4) is 0 Å². The van der Waals surface area contributed by atoms with E-state index in [1.54, 1.807) is 0 Å². The molecule has 0 aliphatic carbocycles. The molecule has 1 saturated heterocycles. The largest absolute Gasteiger partial charge is 0.379 e. The fourth-order valence-electron chi connectivity index (χ4n) is 3.31. The second kappa shape index (κ2) is 12.2. The van der Waals surface area contributed by atoms with E-state index in [1.165, 1.54) is 5.56 Å². The Morgan fingerprint density at radius 1 is 1.17 bits per heavy atom. The first kappa shape index (κ1) is 24.5. The average molecular weight is 527 g/mol. The van der Waals surface area contributed by atoms with E-state index >= 15 is 0 Å². The molecule has 2 heterocycles. The van der Waals surface area contributed by atoms with Gasteiger partial charge in [-0.2, -0.15) is 0 Å². The van der Waals surface area contributed by atoms with Crippen LogP contribution in [0.1, 0.15) is 37.1 Å². The molecule has 3 rings (SSSR count). The van der Waals surface area contributed by atoms with Gasteiger partial charge in [0.25, 0.3) is 0 Å². The number of guanidine groups is 1. The van der Waals surface area contributed by atoms with Crippen molar-refractivity contribution < 1.29 is 4.74 Å². The summed E-state index contributed by atoms with van der Waals surface area (Å²) >= 11 is 0. The van der Waals surface area contributed by atoms with E-state index in [0.717, 1.165) is 50.5 Å². The van der Waals surface area contributed by atoms with Gasteiger partial charge >= 0.3 is 0 Å². The molecule has 166 valence electrons. The van der Waals surface area contributed by atoms with Crippen molar-refractivity contribution in [1.82, 2.24) is 30.3 Å². The average Bonchev–Trinajstić information content (AvgIpc) is 3.08. The van der Waals surface area contributed by atoms with E-state index in [4.69, 9.17) is 9.73 Å². The molecule has 1 aliphatic rings. The molecule has 1 aliphatic heterocycles. The van der Waals surface area contributed by atoms with Gasteiger partial charge in [0.15, 0.2) is 11.8 Å². The zero-order valence-electron chi connectivity index (χ0n) is 18.3. The fraction of sp³-hybridized carbons (Fsp3) is 0.571. The summed E-state index contributed by atoms with van der Waals surface area (Å²) in [6.45, 7) is 11.2. The molecule has 1 fully saturated rings. The van der Waals surface area contributed by atoms with Crippen LogP contribution in [0.2, 0.25) is 0 Å². The second-order valence-corrected chi connectivity index (χ2v) is 7.54. The number of nitrogens with zero attached hydrogens (tertiary/aromatic N) is 5. The molecule has 2 unspecified atom stereocenters. The topological polar surface area (TPSA) is 79.6 Å². The third-order valence-electron chi connectivity index (χ3n) is 5.45. The van der Waals surface area contributed by atoms with Crippen LogP contribution in [-0.2, 0) is 18.3 Å². The summed E-state index contributed by atoms with van der Waals surface area (Å²) in [6, 6.07) is 10.9. The lowest BCUT2D eigenvalue weighted by Gasteiger charge is -2.32. The summed E-state index contributed by atoms with van der Waals surface area (Å²) in [5.74, 6) is 2.51. The van der Waals surface area contributed by atoms with E-state index in [1.807, 2.05) is 24.6 Å². The van der Waals surface area contributed by atoms with Gasteiger partial charge in [-0.3, -0.25) is 4.90 Å². The predicted octanol–water partition coefficient (Wildman–Crippen LogP) is 2.26. The van der Waals surface area contributed by atoms with E-state index in [0.29, 0.717) is 12.6 Å². The Bertz CT molecular complexity index is 790. The monoisotopic (exact) mass is 527 g/mol. The Hall–Kier alpha value is -1.72. The van der Waals surface area contributed by atoms with Gasteiger partial charge in [-0.25, -0.2) is 4.99 Å². The van der Waals surface area contributed by atoms with Gasteiger partial charge in [-0.1, -0.05) is 30.3 Å². The summed E-state index contributed by atoms with van der Waals surface area (Å²) in [6.07, 6.45) is 0. The van der Waals surface area contributed by atoms with Gasteiger partial charge in [0.05, 0.1) is 19.3 Å². The Labute approximate surface area is 196 Å². The molecule has 30 heavy (non-hydrogen) atoms. The number of nitrogens with one attached hydrogen (secondary N) is 2. The molecule has 1 aromatic heterocycles. The molecular weight excluding hydrogens is 493 g/mol. The SMILES string of the molecule is Cc1nnc(CN=C(NCC(C)N2CCOCC2)NC(C)c2ccccc2)n1C.I. The van der Waals surface area contributed by atoms with E-state index in [9.17, 15) is 0 Å². The zero-order chi connectivity index (χ0) is 20.6. The van der Waals surface area contributed by atoms with Crippen LogP contribution >= 0.6 is 24.0 Å². The van der Waals surface area contributed by atoms with Crippen molar-refractivity contribution in [1.29, 1.82) is 0 Å². The van der Waals surface area contributed by atoms with Gasteiger partial charge in [0.1, 0.15) is 12.4 Å². The molecule has 0 amide bonds. The van der Waals surface area contributed by atoms with Gasteiger partial charge in [0, 0.05) is 32.7 Å². The van der Waals surface area contributed by atoms with E-state index in [2.05, 4.69) is 63.8 Å². The predicted molar refractivity (Wildman–Crippen MR) is 130 cm³/mol. The molecule has 0 saturated carbocycles. The quantitative estimate of drug-likeness (QED) is 0.327. The minimum absolute atomic E-state index is 0. The minimum atomic E-state index is 0. The van der Waals surface area contributed by atoms with Gasteiger partial charge in [-0.05, 0) is 26.3 Å². The van der Waals surface area contributed by atoms with Crippen molar-refractivity contribution in [2.75, 3.05) is 32.8 Å². The Morgan fingerprint density at radius 2 is 1.87 bits per heavy atom. The number of ether oxygens (including phenoxy) is 1. The molecular formula is C21H34IN7O. The van der Waals surface area contributed by atoms with Crippen LogP contribution in [0.25, 0.3) is 0 Å². The van der Waals surface area contributed by atoms with E-state index < -0.39 is 0 Å². The summed E-state index contributed by atoms with van der Waals surface area (Å²) in [7, 11) is 1.97. The van der Waals surface area contributed by atoms with Crippen molar-refractivity contribution in [3.05, 3.63) is 47.5 Å². The number of hydrogen-bond acceptors (Lipinski definition) is 5. The maximum atomic E-state index is 5.46. The van der Waals surface area contributed by atoms with Crippen LogP contribution in [0.4, 0.5) is 0 Å². The lowest BCUT2D eigenvalue weighted by molar-refractivity contribution is 0.0211. The van der Waals surface area contributed by atoms with Crippen molar-refractivity contribution >= 4 is 29.9 Å². The third kappa shape index (κ3) is 6.92. The first-order valence-electron chi connectivity index (χ1n) is 10.3. The summed E-state index contributed by atoms with van der Waals surface area (Å²) < 4.78 is 7.43. The molecule has 0 bridgehead atoms. The molecule has 0 radical (unpaired) electrons. The fourth-order valence-corrected chi connectivity index (χ4v) is 3.31. The molecule has 1 aromatic carbocycles. The number of hydrogen-bond donors (Lipinski definition) is 2. The Morgan fingerprint density at radius 3 is 2.50 bits per heavy atom. The molecule has 9 heteroatoms.